The summed E-state index contributed by atoms with van der Waals surface area (Å²) in [5, 5.41) is 3.46. The lowest BCUT2D eigenvalue weighted by molar-refractivity contribution is -0.133. The first-order valence-electron chi connectivity index (χ1n) is 10.2. The molecule has 2 aromatic rings. The van der Waals surface area contributed by atoms with E-state index in [1.165, 1.54) is 0 Å². The fourth-order valence-corrected chi connectivity index (χ4v) is 3.69. The smallest absolute Gasteiger partial charge is 0.242 e. The number of amides is 2. The summed E-state index contributed by atoms with van der Waals surface area (Å²) in [6.07, 6.45) is 1.96. The van der Waals surface area contributed by atoms with Crippen LogP contribution in [0.4, 0.5) is 5.69 Å². The van der Waals surface area contributed by atoms with Gasteiger partial charge in [-0.05, 0) is 48.7 Å². The number of rotatable bonds is 8. The van der Waals surface area contributed by atoms with E-state index in [9.17, 15) is 9.59 Å². The summed E-state index contributed by atoms with van der Waals surface area (Å²) in [5.74, 6) is 0.696. The van der Waals surface area contributed by atoms with Crippen LogP contribution in [0.2, 0.25) is 5.02 Å². The highest BCUT2D eigenvalue weighted by Gasteiger charge is 2.21. The summed E-state index contributed by atoms with van der Waals surface area (Å²) in [5.41, 5.74) is 2.23. The van der Waals surface area contributed by atoms with Crippen LogP contribution in [0, 0.1) is 0 Å². The average molecular weight is 430 g/mol. The molecule has 160 valence electrons. The third-order valence-corrected chi connectivity index (χ3v) is 5.51. The molecule has 3 rings (SSSR count). The van der Waals surface area contributed by atoms with Crippen LogP contribution in [-0.4, -0.2) is 56.5 Å². The van der Waals surface area contributed by atoms with Gasteiger partial charge < -0.3 is 19.9 Å². The molecule has 0 aromatic heterocycles. The van der Waals surface area contributed by atoms with Gasteiger partial charge in [-0.1, -0.05) is 29.8 Å². The molecule has 0 aliphatic carbocycles. The topological polar surface area (TPSA) is 61.9 Å². The fourth-order valence-electron chi connectivity index (χ4n) is 3.51. The monoisotopic (exact) mass is 429 g/mol. The molecule has 7 heteroatoms. The minimum Gasteiger partial charge on any atom is -0.497 e. The van der Waals surface area contributed by atoms with E-state index in [1.54, 1.807) is 12.0 Å². The highest BCUT2D eigenvalue weighted by molar-refractivity contribution is 6.30. The van der Waals surface area contributed by atoms with Crippen LogP contribution in [0.1, 0.15) is 18.4 Å². The van der Waals surface area contributed by atoms with E-state index in [0.29, 0.717) is 24.5 Å². The molecular formula is C23H28ClN3O3. The Morgan fingerprint density at radius 2 is 1.80 bits per heavy atom. The van der Waals surface area contributed by atoms with Crippen molar-refractivity contribution in [3.05, 3.63) is 59.1 Å². The lowest BCUT2D eigenvalue weighted by Gasteiger charge is -2.36. The summed E-state index contributed by atoms with van der Waals surface area (Å²) in [6, 6.07) is 15.6. The van der Waals surface area contributed by atoms with E-state index in [2.05, 4.69) is 10.2 Å². The van der Waals surface area contributed by atoms with E-state index in [4.69, 9.17) is 16.3 Å². The van der Waals surface area contributed by atoms with Crippen LogP contribution in [0.3, 0.4) is 0 Å². The van der Waals surface area contributed by atoms with E-state index in [0.717, 1.165) is 42.9 Å². The molecule has 1 aliphatic rings. The number of aryl methyl sites for hydroxylation is 1. The van der Waals surface area contributed by atoms with Crippen molar-refractivity contribution in [1.29, 1.82) is 0 Å². The molecule has 0 unspecified atom stereocenters. The molecule has 0 spiro atoms. The first kappa shape index (κ1) is 22.0. The molecule has 0 bridgehead atoms. The number of benzene rings is 2. The van der Waals surface area contributed by atoms with Gasteiger partial charge in [-0.15, -0.1) is 0 Å². The number of methoxy groups -OCH3 is 1. The first-order chi connectivity index (χ1) is 14.5. The van der Waals surface area contributed by atoms with Gasteiger partial charge in [-0.25, -0.2) is 0 Å². The molecule has 6 nitrogen and oxygen atoms in total. The maximum Gasteiger partial charge on any atom is 0.242 e. The normalized spacial score (nSPS) is 13.8. The van der Waals surface area contributed by atoms with Gasteiger partial charge in [0.2, 0.25) is 11.8 Å². The van der Waals surface area contributed by atoms with Gasteiger partial charge in [-0.2, -0.15) is 0 Å². The molecule has 2 amide bonds. The number of piperazine rings is 1. The van der Waals surface area contributed by atoms with E-state index in [1.807, 2.05) is 48.5 Å². The van der Waals surface area contributed by atoms with Crippen LogP contribution in [0.25, 0.3) is 0 Å². The van der Waals surface area contributed by atoms with Crippen molar-refractivity contribution < 1.29 is 14.3 Å². The zero-order valence-electron chi connectivity index (χ0n) is 17.3. The van der Waals surface area contributed by atoms with Crippen molar-refractivity contribution in [3.63, 3.8) is 0 Å². The van der Waals surface area contributed by atoms with Crippen molar-refractivity contribution in [2.24, 2.45) is 0 Å². The third kappa shape index (κ3) is 6.39. The number of nitrogens with zero attached hydrogens (tertiary/aromatic N) is 2. The Labute approximate surface area is 182 Å². The first-order valence-corrected chi connectivity index (χ1v) is 10.6. The number of carbonyl (C=O) groups excluding carboxylic acids is 2. The number of nitrogens with one attached hydrogen (secondary N) is 1. The molecule has 1 aliphatic heterocycles. The Bertz CT molecular complexity index is 849. The van der Waals surface area contributed by atoms with Crippen molar-refractivity contribution in [3.8, 4) is 5.75 Å². The largest absolute Gasteiger partial charge is 0.497 e. The summed E-state index contributed by atoms with van der Waals surface area (Å²) >= 11 is 6.06. The number of hydrogen-bond donors (Lipinski definition) is 1. The maximum absolute atomic E-state index is 12.4. The second-order valence-electron chi connectivity index (χ2n) is 7.33. The lowest BCUT2D eigenvalue weighted by Crippen LogP contribution is -2.51. The highest BCUT2D eigenvalue weighted by atomic mass is 35.5. The van der Waals surface area contributed by atoms with Crippen LogP contribution in [0.15, 0.2) is 48.5 Å². The van der Waals surface area contributed by atoms with Gasteiger partial charge in [0.25, 0.3) is 0 Å². The Kier molecular flexibility index (Phi) is 7.97. The Balaban J connectivity index is 1.33. The maximum atomic E-state index is 12.4. The zero-order valence-corrected chi connectivity index (χ0v) is 18.0. The molecule has 1 saturated heterocycles. The molecule has 2 aromatic carbocycles. The Hall–Kier alpha value is -2.73. The van der Waals surface area contributed by atoms with Gasteiger partial charge in [0.05, 0.1) is 13.7 Å². The number of halogens is 1. The van der Waals surface area contributed by atoms with Gasteiger partial charge in [-0.3, -0.25) is 9.59 Å². The third-order valence-electron chi connectivity index (χ3n) is 5.27. The summed E-state index contributed by atoms with van der Waals surface area (Å²) in [7, 11) is 1.64. The number of ether oxygens (including phenoxy) is 1. The lowest BCUT2D eigenvalue weighted by atomic mass is 10.1. The van der Waals surface area contributed by atoms with Crippen molar-refractivity contribution >= 4 is 29.1 Å². The zero-order chi connectivity index (χ0) is 21.3. The quantitative estimate of drug-likeness (QED) is 0.700. The Morgan fingerprint density at radius 3 is 2.47 bits per heavy atom. The van der Waals surface area contributed by atoms with Gasteiger partial charge in [0.15, 0.2) is 0 Å². The molecule has 1 N–H and O–H groups in total. The summed E-state index contributed by atoms with van der Waals surface area (Å²) in [4.78, 5) is 28.5. The molecule has 1 fully saturated rings. The second kappa shape index (κ2) is 10.9. The fraction of sp³-hybridized carbons (Fsp3) is 0.391. The van der Waals surface area contributed by atoms with E-state index >= 15 is 0 Å². The standard InChI is InChI=1S/C23H28ClN3O3/c1-30-21-10-8-18(9-11-21)4-2-7-22(28)25-17-23(29)27-14-12-26(13-15-27)20-6-3-5-19(24)16-20/h3,5-6,8-11,16H,2,4,7,12-15,17H2,1H3,(H,25,28). The number of hydrogen-bond acceptors (Lipinski definition) is 4. The molecule has 0 atom stereocenters. The summed E-state index contributed by atoms with van der Waals surface area (Å²) < 4.78 is 5.14. The number of carbonyl (C=O) groups is 2. The minimum atomic E-state index is -0.0885. The second-order valence-corrected chi connectivity index (χ2v) is 7.76. The summed E-state index contributed by atoms with van der Waals surface area (Å²) in [6.45, 7) is 2.83. The van der Waals surface area contributed by atoms with Crippen LogP contribution >= 0.6 is 11.6 Å². The van der Waals surface area contributed by atoms with E-state index in [-0.39, 0.29) is 18.4 Å². The van der Waals surface area contributed by atoms with E-state index < -0.39 is 0 Å². The molecule has 30 heavy (non-hydrogen) atoms. The van der Waals surface area contributed by atoms with Crippen LogP contribution < -0.4 is 15.0 Å². The van der Waals surface area contributed by atoms with Crippen molar-refractivity contribution in [1.82, 2.24) is 10.2 Å². The van der Waals surface area contributed by atoms with Gasteiger partial charge >= 0.3 is 0 Å². The van der Waals surface area contributed by atoms with Crippen molar-refractivity contribution in [2.45, 2.75) is 19.3 Å². The van der Waals surface area contributed by atoms with Crippen LogP contribution in [0.5, 0.6) is 5.75 Å². The number of anilines is 1. The molecular weight excluding hydrogens is 402 g/mol. The van der Waals surface area contributed by atoms with Gasteiger partial charge in [0.1, 0.15) is 5.75 Å². The SMILES string of the molecule is COc1ccc(CCCC(=O)NCC(=O)N2CCN(c3cccc(Cl)c3)CC2)cc1. The predicted octanol–water partition coefficient (Wildman–Crippen LogP) is 3.14. The molecule has 0 saturated carbocycles. The van der Waals surface area contributed by atoms with Crippen molar-refractivity contribution in [2.75, 3.05) is 44.7 Å². The highest BCUT2D eigenvalue weighted by Crippen LogP contribution is 2.20. The Morgan fingerprint density at radius 1 is 1.07 bits per heavy atom. The minimum absolute atomic E-state index is 0.0377. The molecule has 0 radical (unpaired) electrons. The van der Waals surface area contributed by atoms with Crippen LogP contribution in [-0.2, 0) is 16.0 Å². The molecule has 1 heterocycles. The predicted molar refractivity (Wildman–Crippen MR) is 119 cm³/mol. The van der Waals surface area contributed by atoms with Gasteiger partial charge in [0, 0.05) is 43.3 Å². The average Bonchev–Trinajstić information content (AvgIpc) is 2.78.